The van der Waals surface area contributed by atoms with Crippen LogP contribution < -0.4 is 9.47 Å². The van der Waals surface area contributed by atoms with Crippen molar-refractivity contribution in [2.75, 3.05) is 13.7 Å². The van der Waals surface area contributed by atoms with Gasteiger partial charge in [0, 0.05) is 11.6 Å². The maximum atomic E-state index is 13.6. The van der Waals surface area contributed by atoms with Gasteiger partial charge in [0.15, 0.2) is 23.1 Å². The molecule has 2 aromatic carbocycles. The second-order valence-corrected chi connectivity index (χ2v) is 5.09. The van der Waals surface area contributed by atoms with Crippen molar-refractivity contribution in [2.24, 2.45) is 0 Å². The van der Waals surface area contributed by atoms with E-state index in [2.05, 4.69) is 0 Å². The number of para-hydroxylation sites is 1. The number of ketones is 1. The van der Waals surface area contributed by atoms with Crippen molar-refractivity contribution in [3.8, 4) is 11.5 Å². The van der Waals surface area contributed by atoms with Gasteiger partial charge >= 0.3 is 5.69 Å². The van der Waals surface area contributed by atoms with Crippen LogP contribution in [0.4, 0.5) is 10.1 Å². The molecule has 0 saturated carbocycles. The van der Waals surface area contributed by atoms with Crippen molar-refractivity contribution in [3.05, 3.63) is 69.0 Å². The van der Waals surface area contributed by atoms with E-state index in [9.17, 15) is 19.3 Å². The fourth-order valence-electron chi connectivity index (χ4n) is 2.47. The van der Waals surface area contributed by atoms with E-state index in [1.165, 1.54) is 43.5 Å². The average molecular weight is 329 g/mol. The number of carbonyl (C=O) groups is 1. The Balaban J connectivity index is 2.00. The summed E-state index contributed by atoms with van der Waals surface area (Å²) < 4.78 is 23.9. The summed E-state index contributed by atoms with van der Waals surface area (Å²) in [5.41, 5.74) is 0.667. The van der Waals surface area contributed by atoms with Crippen LogP contribution in [0.5, 0.6) is 11.5 Å². The summed E-state index contributed by atoms with van der Waals surface area (Å²) >= 11 is 0. The van der Waals surface area contributed by atoms with E-state index in [1.807, 2.05) is 0 Å². The molecule has 0 bridgehead atoms. The van der Waals surface area contributed by atoms with Crippen molar-refractivity contribution in [1.29, 1.82) is 0 Å². The second-order valence-electron chi connectivity index (χ2n) is 5.09. The van der Waals surface area contributed by atoms with Gasteiger partial charge in [-0.2, -0.15) is 0 Å². The maximum Gasteiger partial charge on any atom is 0.311 e. The van der Waals surface area contributed by atoms with Gasteiger partial charge in [-0.3, -0.25) is 14.9 Å². The van der Waals surface area contributed by atoms with Gasteiger partial charge in [0.05, 0.1) is 17.6 Å². The van der Waals surface area contributed by atoms with Gasteiger partial charge in [0.1, 0.15) is 6.61 Å². The first-order valence-corrected chi connectivity index (χ1v) is 7.00. The minimum atomic E-state index is -0.597. The lowest BCUT2D eigenvalue weighted by Gasteiger charge is -2.19. The fourth-order valence-corrected chi connectivity index (χ4v) is 2.47. The molecule has 0 atom stereocenters. The van der Waals surface area contributed by atoms with Crippen LogP contribution in [0.1, 0.15) is 15.9 Å². The number of hydrogen-bond donors (Lipinski definition) is 0. The molecule has 0 spiro atoms. The number of methoxy groups -OCH3 is 1. The number of Topliss-reactive ketones (excluding diaryl/α,β-unsaturated/α-hetero) is 1. The summed E-state index contributed by atoms with van der Waals surface area (Å²) in [7, 11) is 1.34. The van der Waals surface area contributed by atoms with Gasteiger partial charge in [0.25, 0.3) is 0 Å². The number of fused-ring (bicyclic) bond motifs is 1. The highest BCUT2D eigenvalue weighted by Gasteiger charge is 2.26. The number of hydrogen-bond acceptors (Lipinski definition) is 5. The molecule has 0 aromatic heterocycles. The van der Waals surface area contributed by atoms with Gasteiger partial charge in [-0.15, -0.1) is 0 Å². The number of rotatable bonds is 3. The van der Waals surface area contributed by atoms with Crippen LogP contribution in [0.15, 0.2) is 42.0 Å². The topological polar surface area (TPSA) is 78.7 Å². The monoisotopic (exact) mass is 329 g/mol. The first kappa shape index (κ1) is 15.7. The van der Waals surface area contributed by atoms with E-state index < -0.39 is 10.7 Å². The van der Waals surface area contributed by atoms with E-state index >= 15 is 0 Å². The molecule has 24 heavy (non-hydrogen) atoms. The standard InChI is InChI=1S/C17H12FNO5/c1-23-15-6-5-10(8-14(15)19(21)22)7-11-9-24-17-12(16(11)20)3-2-4-13(17)18/h2-8H,9H2,1H3/b11-7-. The van der Waals surface area contributed by atoms with Gasteiger partial charge in [-0.05, 0) is 29.8 Å². The molecule has 6 nitrogen and oxygen atoms in total. The summed E-state index contributed by atoms with van der Waals surface area (Å²) in [6.45, 7) is -0.105. The predicted octanol–water partition coefficient (Wildman–Crippen LogP) is 3.40. The second kappa shape index (κ2) is 6.11. The highest BCUT2D eigenvalue weighted by Crippen LogP contribution is 2.32. The number of nitro benzene ring substituents is 1. The number of benzene rings is 2. The minimum absolute atomic E-state index is 0.0691. The van der Waals surface area contributed by atoms with Crippen LogP contribution in [0.3, 0.4) is 0 Å². The smallest absolute Gasteiger partial charge is 0.311 e. The molecule has 2 aromatic rings. The molecule has 0 N–H and O–H groups in total. The van der Waals surface area contributed by atoms with E-state index in [-0.39, 0.29) is 40.7 Å². The van der Waals surface area contributed by atoms with Gasteiger partial charge in [-0.25, -0.2) is 4.39 Å². The van der Waals surface area contributed by atoms with E-state index in [0.29, 0.717) is 5.56 Å². The van der Waals surface area contributed by atoms with Crippen molar-refractivity contribution >= 4 is 17.5 Å². The number of halogens is 1. The zero-order chi connectivity index (χ0) is 17.3. The summed E-state index contributed by atoms with van der Waals surface area (Å²) in [4.78, 5) is 22.9. The molecule has 1 aliphatic rings. The Morgan fingerprint density at radius 1 is 1.33 bits per heavy atom. The molecular formula is C17H12FNO5. The Labute approximate surface area is 136 Å². The lowest BCUT2D eigenvalue weighted by atomic mass is 9.98. The zero-order valence-corrected chi connectivity index (χ0v) is 12.6. The number of nitrogens with zero attached hydrogens (tertiary/aromatic N) is 1. The number of ether oxygens (including phenoxy) is 2. The van der Waals surface area contributed by atoms with E-state index in [0.717, 1.165) is 0 Å². The Hall–Kier alpha value is -3.22. The van der Waals surface area contributed by atoms with Gasteiger partial charge in [-0.1, -0.05) is 12.1 Å². The predicted molar refractivity (Wildman–Crippen MR) is 83.9 cm³/mol. The molecule has 0 fully saturated rings. The number of nitro groups is 1. The normalized spacial score (nSPS) is 14.9. The van der Waals surface area contributed by atoms with E-state index in [4.69, 9.17) is 9.47 Å². The summed E-state index contributed by atoms with van der Waals surface area (Å²) in [6, 6.07) is 8.47. The molecule has 122 valence electrons. The zero-order valence-electron chi connectivity index (χ0n) is 12.6. The van der Waals surface area contributed by atoms with Crippen molar-refractivity contribution in [1.82, 2.24) is 0 Å². The third-order valence-electron chi connectivity index (χ3n) is 3.62. The van der Waals surface area contributed by atoms with Crippen molar-refractivity contribution in [3.63, 3.8) is 0 Å². The maximum absolute atomic E-state index is 13.6. The lowest BCUT2D eigenvalue weighted by molar-refractivity contribution is -0.385. The quantitative estimate of drug-likeness (QED) is 0.490. The van der Waals surface area contributed by atoms with Crippen LogP contribution in [0, 0.1) is 15.9 Å². The van der Waals surface area contributed by atoms with Crippen LogP contribution in [-0.2, 0) is 0 Å². The van der Waals surface area contributed by atoms with Crippen LogP contribution in [0.25, 0.3) is 6.08 Å². The Morgan fingerprint density at radius 3 is 2.83 bits per heavy atom. The molecule has 0 radical (unpaired) electrons. The lowest BCUT2D eigenvalue weighted by Crippen LogP contribution is -2.19. The van der Waals surface area contributed by atoms with Crippen LogP contribution >= 0.6 is 0 Å². The third-order valence-corrected chi connectivity index (χ3v) is 3.62. The Bertz CT molecular complexity index is 875. The summed E-state index contributed by atoms with van der Waals surface area (Å²) in [5, 5.41) is 11.1. The van der Waals surface area contributed by atoms with Gasteiger partial charge < -0.3 is 9.47 Å². The van der Waals surface area contributed by atoms with Crippen LogP contribution in [-0.4, -0.2) is 24.4 Å². The van der Waals surface area contributed by atoms with E-state index in [1.54, 1.807) is 6.07 Å². The number of carbonyl (C=O) groups excluding carboxylic acids is 1. The fraction of sp³-hybridized carbons (Fsp3) is 0.118. The molecule has 0 aliphatic carbocycles. The SMILES string of the molecule is COc1ccc(/C=C2/COc3c(F)cccc3C2=O)cc1[N+](=O)[O-]. The highest BCUT2D eigenvalue weighted by molar-refractivity contribution is 6.14. The highest BCUT2D eigenvalue weighted by atomic mass is 19.1. The molecule has 3 rings (SSSR count). The molecule has 0 amide bonds. The first-order chi connectivity index (χ1) is 11.5. The molecule has 0 saturated heterocycles. The first-order valence-electron chi connectivity index (χ1n) is 7.00. The summed E-state index contributed by atoms with van der Waals surface area (Å²) in [6.07, 6.45) is 1.49. The Morgan fingerprint density at radius 2 is 2.12 bits per heavy atom. The molecular weight excluding hydrogens is 317 g/mol. The minimum Gasteiger partial charge on any atom is -0.490 e. The summed E-state index contributed by atoms with van der Waals surface area (Å²) in [5.74, 6) is -0.907. The molecule has 0 unspecified atom stereocenters. The largest absolute Gasteiger partial charge is 0.490 e. The average Bonchev–Trinajstić information content (AvgIpc) is 2.58. The van der Waals surface area contributed by atoms with Gasteiger partial charge in [0.2, 0.25) is 0 Å². The third kappa shape index (κ3) is 2.71. The molecule has 7 heteroatoms. The van der Waals surface area contributed by atoms with Crippen molar-refractivity contribution < 1.29 is 23.6 Å². The van der Waals surface area contributed by atoms with Crippen molar-refractivity contribution in [2.45, 2.75) is 0 Å². The van der Waals surface area contributed by atoms with Crippen LogP contribution in [0.2, 0.25) is 0 Å². The molecule has 1 heterocycles. The Kier molecular flexibility index (Phi) is 3.99. The molecule has 1 aliphatic heterocycles.